The minimum atomic E-state index is -1.10. The van der Waals surface area contributed by atoms with E-state index in [-0.39, 0.29) is 0 Å². The Hall–Kier alpha value is -2.39. The minimum Gasteiger partial charge on any atom is -0.478 e. The fourth-order valence-corrected chi connectivity index (χ4v) is 0.719. The van der Waals surface area contributed by atoms with Gasteiger partial charge in [-0.05, 0) is 19.8 Å². The lowest BCUT2D eigenvalue weighted by molar-refractivity contribution is -0.132. The molecule has 0 spiro atoms. The summed E-state index contributed by atoms with van der Waals surface area (Å²) in [5.41, 5.74) is 4.54. The molecule has 0 fully saturated rings. The maximum atomic E-state index is 9.60. The average molecular weight is 351 g/mol. The largest absolute Gasteiger partial charge is 0.478 e. The van der Waals surface area contributed by atoms with E-state index in [9.17, 15) is 14.4 Å². The van der Waals surface area contributed by atoms with Crippen LogP contribution in [0.1, 0.15) is 39.5 Å². The topological polar surface area (TPSA) is 167 Å². The van der Waals surface area contributed by atoms with Gasteiger partial charge in [-0.15, -0.1) is 0 Å². The zero-order chi connectivity index (χ0) is 20.0. The molecular formula is C15H29NO8. The number of amides is 1. The molecule has 0 rings (SSSR count). The van der Waals surface area contributed by atoms with Gasteiger partial charge in [0.15, 0.2) is 6.29 Å². The Morgan fingerprint density at radius 3 is 1.54 bits per heavy atom. The van der Waals surface area contributed by atoms with Crippen LogP contribution in [0, 0.1) is 0 Å². The Balaban J connectivity index is -0.000000114. The molecule has 0 unspecified atom stereocenters. The standard InChI is InChI=1S/C6H14O2.C3H7NO2.2C3H4O2/c1-2-3-4-5-6(7)8;1-2-6-3(4)5;2*1-2-3(4)5/h6-8H,2-5H2,1H3;2H2,1H3,(H2,4,5);2*2H,1H2,(H,4,5). The van der Waals surface area contributed by atoms with Gasteiger partial charge in [0.1, 0.15) is 0 Å². The number of aliphatic hydroxyl groups excluding tert-OH is 1. The number of nitrogens with two attached hydrogens (primary N) is 1. The van der Waals surface area contributed by atoms with Gasteiger partial charge in [-0.25, -0.2) is 14.4 Å². The van der Waals surface area contributed by atoms with Gasteiger partial charge in [0.25, 0.3) is 0 Å². The summed E-state index contributed by atoms with van der Waals surface area (Å²) in [6, 6.07) is 0. The van der Waals surface area contributed by atoms with Crippen molar-refractivity contribution in [3.8, 4) is 0 Å². The molecule has 6 N–H and O–H groups in total. The molecule has 0 saturated heterocycles. The van der Waals surface area contributed by atoms with Crippen molar-refractivity contribution >= 4 is 18.0 Å². The Labute approximate surface area is 142 Å². The lowest BCUT2D eigenvalue weighted by atomic mass is 10.2. The van der Waals surface area contributed by atoms with Crippen LogP contribution in [0.2, 0.25) is 0 Å². The molecule has 0 heterocycles. The van der Waals surface area contributed by atoms with Gasteiger partial charge in [0.05, 0.1) is 6.61 Å². The summed E-state index contributed by atoms with van der Waals surface area (Å²) in [5, 5.41) is 31.9. The van der Waals surface area contributed by atoms with E-state index in [0.29, 0.717) is 13.0 Å². The molecule has 0 aromatic carbocycles. The summed E-state index contributed by atoms with van der Waals surface area (Å²) in [5.74, 6) is -1.96. The molecule has 0 aliphatic rings. The molecule has 0 aromatic heterocycles. The van der Waals surface area contributed by atoms with Crippen molar-refractivity contribution in [1.82, 2.24) is 0 Å². The third-order valence-electron chi connectivity index (χ3n) is 1.70. The highest BCUT2D eigenvalue weighted by Crippen LogP contribution is 1.99. The SMILES string of the molecule is C=CC(=O)O.C=CC(=O)O.CCCCCC(O)O.CCOC(N)=O. The Kier molecular flexibility index (Phi) is 31.5. The van der Waals surface area contributed by atoms with Crippen LogP contribution in [0.3, 0.4) is 0 Å². The zero-order valence-electron chi connectivity index (χ0n) is 14.2. The Morgan fingerprint density at radius 1 is 1.04 bits per heavy atom. The average Bonchev–Trinajstić information content (AvgIpc) is 2.48. The number of rotatable bonds is 7. The second-order valence-electron chi connectivity index (χ2n) is 3.81. The number of hydrogen-bond acceptors (Lipinski definition) is 6. The molecule has 0 aliphatic heterocycles. The maximum Gasteiger partial charge on any atom is 0.404 e. The quantitative estimate of drug-likeness (QED) is 0.261. The van der Waals surface area contributed by atoms with Crippen LogP contribution >= 0.6 is 0 Å². The van der Waals surface area contributed by atoms with Crippen LogP contribution in [0.15, 0.2) is 25.3 Å². The van der Waals surface area contributed by atoms with E-state index < -0.39 is 24.3 Å². The van der Waals surface area contributed by atoms with Gasteiger partial charge in [0, 0.05) is 12.2 Å². The van der Waals surface area contributed by atoms with Gasteiger partial charge in [-0.1, -0.05) is 32.9 Å². The number of carbonyl (C=O) groups is 3. The van der Waals surface area contributed by atoms with E-state index in [0.717, 1.165) is 31.4 Å². The molecule has 1 amide bonds. The molecule has 0 saturated carbocycles. The summed E-state index contributed by atoms with van der Waals surface area (Å²) >= 11 is 0. The maximum absolute atomic E-state index is 9.60. The summed E-state index contributed by atoms with van der Waals surface area (Å²) in [4.78, 5) is 28.1. The van der Waals surface area contributed by atoms with Crippen molar-refractivity contribution in [2.75, 3.05) is 6.61 Å². The third-order valence-corrected chi connectivity index (χ3v) is 1.70. The number of carboxylic acid groups (broad SMARTS) is 2. The van der Waals surface area contributed by atoms with Crippen molar-refractivity contribution in [2.24, 2.45) is 5.73 Å². The molecule has 0 bridgehead atoms. The van der Waals surface area contributed by atoms with Crippen LogP contribution in [-0.4, -0.2) is 51.4 Å². The summed E-state index contributed by atoms with van der Waals surface area (Å²) in [6.45, 7) is 10.1. The zero-order valence-corrected chi connectivity index (χ0v) is 14.2. The van der Waals surface area contributed by atoms with Crippen LogP contribution in [-0.2, 0) is 14.3 Å². The molecule has 0 aromatic rings. The van der Waals surface area contributed by atoms with E-state index in [4.69, 9.17) is 20.4 Å². The first-order chi connectivity index (χ1) is 11.1. The van der Waals surface area contributed by atoms with Crippen molar-refractivity contribution in [1.29, 1.82) is 0 Å². The summed E-state index contributed by atoms with van der Waals surface area (Å²) in [7, 11) is 0. The molecule has 9 heteroatoms. The Bertz CT molecular complexity index is 324. The van der Waals surface area contributed by atoms with Gasteiger partial charge in [-0.3, -0.25) is 0 Å². The van der Waals surface area contributed by atoms with Gasteiger partial charge in [-0.2, -0.15) is 0 Å². The van der Waals surface area contributed by atoms with E-state index in [1.54, 1.807) is 6.92 Å². The van der Waals surface area contributed by atoms with Crippen LogP contribution < -0.4 is 5.73 Å². The smallest absolute Gasteiger partial charge is 0.404 e. The predicted octanol–water partition coefficient (Wildman–Crippen LogP) is 1.49. The van der Waals surface area contributed by atoms with Gasteiger partial charge in [0.2, 0.25) is 0 Å². The fourth-order valence-electron chi connectivity index (χ4n) is 0.719. The second-order valence-corrected chi connectivity index (χ2v) is 3.81. The lowest BCUT2D eigenvalue weighted by Crippen LogP contribution is -2.11. The predicted molar refractivity (Wildman–Crippen MR) is 89.2 cm³/mol. The number of ether oxygens (including phenoxy) is 1. The van der Waals surface area contributed by atoms with E-state index >= 15 is 0 Å². The number of carbonyl (C=O) groups excluding carboxylic acids is 1. The number of aliphatic carboxylic acids is 2. The highest BCUT2D eigenvalue weighted by molar-refractivity contribution is 5.79. The number of primary amides is 1. The first-order valence-corrected chi connectivity index (χ1v) is 7.07. The molecule has 0 atom stereocenters. The molecule has 24 heavy (non-hydrogen) atoms. The molecular weight excluding hydrogens is 322 g/mol. The van der Waals surface area contributed by atoms with Crippen LogP contribution in [0.25, 0.3) is 0 Å². The first-order valence-electron chi connectivity index (χ1n) is 7.07. The van der Waals surface area contributed by atoms with E-state index in [1.807, 2.05) is 0 Å². The van der Waals surface area contributed by atoms with Crippen molar-refractivity contribution in [2.45, 2.75) is 45.8 Å². The lowest BCUT2D eigenvalue weighted by Gasteiger charge is -1.99. The van der Waals surface area contributed by atoms with Crippen molar-refractivity contribution in [3.05, 3.63) is 25.3 Å². The van der Waals surface area contributed by atoms with E-state index in [1.165, 1.54) is 0 Å². The number of unbranched alkanes of at least 4 members (excludes halogenated alkanes) is 2. The van der Waals surface area contributed by atoms with E-state index in [2.05, 4.69) is 30.6 Å². The molecule has 9 nitrogen and oxygen atoms in total. The molecule has 142 valence electrons. The normalized spacial score (nSPS) is 8.04. The monoisotopic (exact) mass is 351 g/mol. The molecule has 0 aliphatic carbocycles. The Morgan fingerprint density at radius 2 is 1.42 bits per heavy atom. The number of hydrogen-bond donors (Lipinski definition) is 5. The van der Waals surface area contributed by atoms with Crippen LogP contribution in [0.5, 0.6) is 0 Å². The van der Waals surface area contributed by atoms with Gasteiger partial charge < -0.3 is 30.9 Å². The summed E-state index contributed by atoms with van der Waals surface area (Å²) < 4.78 is 4.18. The number of carboxylic acids is 2. The fraction of sp³-hybridized carbons (Fsp3) is 0.533. The molecule has 0 radical (unpaired) electrons. The van der Waals surface area contributed by atoms with Crippen molar-refractivity contribution in [3.63, 3.8) is 0 Å². The summed E-state index contributed by atoms with van der Waals surface area (Å²) in [6.07, 6.45) is 3.53. The number of aliphatic hydroxyl groups is 2. The van der Waals surface area contributed by atoms with Crippen LogP contribution in [0.4, 0.5) is 4.79 Å². The van der Waals surface area contributed by atoms with Gasteiger partial charge >= 0.3 is 18.0 Å². The first kappa shape index (κ1) is 29.6. The second kappa shape index (κ2) is 25.6. The highest BCUT2D eigenvalue weighted by atomic mass is 16.5. The third kappa shape index (κ3) is 73.5. The van der Waals surface area contributed by atoms with Crippen molar-refractivity contribution < 1.29 is 39.5 Å². The minimum absolute atomic E-state index is 0.356. The highest BCUT2D eigenvalue weighted by Gasteiger charge is 1.93.